The second-order valence-corrected chi connectivity index (χ2v) is 3.32. The van der Waals surface area contributed by atoms with Gasteiger partial charge in [0.1, 0.15) is 5.82 Å². The van der Waals surface area contributed by atoms with Crippen molar-refractivity contribution in [2.75, 3.05) is 26.1 Å². The first-order chi connectivity index (χ1) is 7.67. The van der Waals surface area contributed by atoms with Gasteiger partial charge < -0.3 is 15.2 Å². The Balaban J connectivity index is 2.72. The largest absolute Gasteiger partial charge is 0.383 e. The molecule has 1 rings (SSSR count). The van der Waals surface area contributed by atoms with Crippen LogP contribution in [0, 0.1) is 0 Å². The highest BCUT2D eigenvalue weighted by molar-refractivity contribution is 5.23. The molecule has 1 atom stereocenters. The minimum Gasteiger partial charge on any atom is -0.383 e. The number of hydrogen-bond donors (Lipinski definition) is 1. The Labute approximate surface area is 94.0 Å². The van der Waals surface area contributed by atoms with Gasteiger partial charge in [0.05, 0.1) is 19.3 Å². The average Bonchev–Trinajstić information content (AvgIpc) is 2.23. The zero-order valence-electron chi connectivity index (χ0n) is 9.55. The van der Waals surface area contributed by atoms with Crippen molar-refractivity contribution in [1.82, 2.24) is 9.55 Å². The van der Waals surface area contributed by atoms with Crippen LogP contribution in [0.2, 0.25) is 0 Å². The third-order valence-electron chi connectivity index (χ3n) is 2.05. The highest BCUT2D eigenvalue weighted by atomic mass is 16.5. The molecular formula is C10H17N3O3. The average molecular weight is 227 g/mol. The summed E-state index contributed by atoms with van der Waals surface area (Å²) in [6, 6.07) is 1.58. The van der Waals surface area contributed by atoms with E-state index >= 15 is 0 Å². The summed E-state index contributed by atoms with van der Waals surface area (Å²) in [5.41, 5.74) is 5.02. The van der Waals surface area contributed by atoms with Gasteiger partial charge in [0.2, 0.25) is 0 Å². The Kier molecular flexibility index (Phi) is 4.94. The van der Waals surface area contributed by atoms with Crippen LogP contribution in [0.3, 0.4) is 0 Å². The first-order valence-corrected chi connectivity index (χ1v) is 5.10. The van der Waals surface area contributed by atoms with Gasteiger partial charge in [-0.3, -0.25) is 4.57 Å². The van der Waals surface area contributed by atoms with Crippen LogP contribution < -0.4 is 11.4 Å². The first-order valence-electron chi connectivity index (χ1n) is 5.10. The molecule has 16 heavy (non-hydrogen) atoms. The van der Waals surface area contributed by atoms with E-state index in [2.05, 4.69) is 4.98 Å². The second-order valence-electron chi connectivity index (χ2n) is 3.32. The fourth-order valence-corrected chi connectivity index (χ4v) is 1.38. The van der Waals surface area contributed by atoms with Gasteiger partial charge in [-0.1, -0.05) is 0 Å². The summed E-state index contributed by atoms with van der Waals surface area (Å²) in [5.74, 6) is 0.223. The van der Waals surface area contributed by atoms with E-state index in [0.29, 0.717) is 19.8 Å². The van der Waals surface area contributed by atoms with Gasteiger partial charge in [0.15, 0.2) is 0 Å². The van der Waals surface area contributed by atoms with Crippen LogP contribution in [-0.2, 0) is 16.0 Å². The number of ether oxygens (including phenoxy) is 2. The molecule has 0 spiro atoms. The maximum absolute atomic E-state index is 11.5. The van der Waals surface area contributed by atoms with Crippen LogP contribution in [0.25, 0.3) is 0 Å². The number of nitrogens with two attached hydrogens (primary N) is 1. The van der Waals surface area contributed by atoms with Crippen molar-refractivity contribution in [3.63, 3.8) is 0 Å². The molecular weight excluding hydrogens is 210 g/mol. The number of methoxy groups -OCH3 is 1. The quantitative estimate of drug-likeness (QED) is 0.732. The van der Waals surface area contributed by atoms with Crippen molar-refractivity contribution in [2.45, 2.75) is 19.6 Å². The van der Waals surface area contributed by atoms with Crippen molar-refractivity contribution >= 4 is 5.82 Å². The van der Waals surface area contributed by atoms with E-state index in [4.69, 9.17) is 15.2 Å². The number of anilines is 1. The topological polar surface area (TPSA) is 79.4 Å². The van der Waals surface area contributed by atoms with E-state index in [1.54, 1.807) is 19.4 Å². The van der Waals surface area contributed by atoms with Gasteiger partial charge in [-0.15, -0.1) is 0 Å². The molecule has 0 bridgehead atoms. The third kappa shape index (κ3) is 3.63. The van der Waals surface area contributed by atoms with Crippen LogP contribution in [0.15, 0.2) is 17.1 Å². The zero-order valence-corrected chi connectivity index (χ0v) is 9.55. The standard InChI is InChI=1S/C10H17N3O3/c1-3-16-8(7-15-2)6-13-5-4-9(11)12-10(13)14/h4-5,8H,3,6-7H2,1-2H3,(H2,11,12,14)/t8-/m0/s1. The molecule has 2 N–H and O–H groups in total. The molecule has 0 aliphatic rings. The van der Waals surface area contributed by atoms with Crippen LogP contribution >= 0.6 is 0 Å². The first kappa shape index (κ1) is 12.7. The maximum Gasteiger partial charge on any atom is 0.349 e. The van der Waals surface area contributed by atoms with E-state index < -0.39 is 0 Å². The van der Waals surface area contributed by atoms with Crippen LogP contribution in [-0.4, -0.2) is 36.0 Å². The molecule has 0 radical (unpaired) electrons. The van der Waals surface area contributed by atoms with Gasteiger partial charge in [-0.05, 0) is 13.0 Å². The molecule has 90 valence electrons. The molecule has 0 aliphatic heterocycles. The van der Waals surface area contributed by atoms with Gasteiger partial charge >= 0.3 is 5.69 Å². The minimum absolute atomic E-state index is 0.155. The Morgan fingerprint density at radius 3 is 2.94 bits per heavy atom. The Morgan fingerprint density at radius 2 is 2.38 bits per heavy atom. The van der Waals surface area contributed by atoms with Gasteiger partial charge in [-0.25, -0.2) is 4.79 Å². The summed E-state index contributed by atoms with van der Waals surface area (Å²) in [6.07, 6.45) is 1.45. The fourth-order valence-electron chi connectivity index (χ4n) is 1.38. The summed E-state index contributed by atoms with van der Waals surface area (Å²) < 4.78 is 11.9. The number of aromatic nitrogens is 2. The van der Waals surface area contributed by atoms with Gasteiger partial charge in [-0.2, -0.15) is 4.98 Å². The summed E-state index contributed by atoms with van der Waals surface area (Å²) in [7, 11) is 1.59. The highest BCUT2D eigenvalue weighted by Gasteiger charge is 2.10. The highest BCUT2D eigenvalue weighted by Crippen LogP contribution is 1.98. The van der Waals surface area contributed by atoms with Crippen molar-refractivity contribution in [3.05, 3.63) is 22.7 Å². The van der Waals surface area contributed by atoms with E-state index in [1.807, 2.05) is 6.92 Å². The Bertz CT molecular complexity index is 372. The molecule has 6 heteroatoms. The SMILES string of the molecule is CCO[C@H](COC)Cn1ccc(N)nc1=O. The van der Waals surface area contributed by atoms with Gasteiger partial charge in [0.25, 0.3) is 0 Å². The van der Waals surface area contributed by atoms with Crippen LogP contribution in [0.4, 0.5) is 5.82 Å². The fraction of sp³-hybridized carbons (Fsp3) is 0.600. The van der Waals surface area contributed by atoms with Crippen molar-refractivity contribution in [3.8, 4) is 0 Å². The van der Waals surface area contributed by atoms with Crippen LogP contribution in [0.1, 0.15) is 6.92 Å². The summed E-state index contributed by atoms with van der Waals surface area (Å²) in [6.45, 7) is 3.32. The lowest BCUT2D eigenvalue weighted by Crippen LogP contribution is -2.32. The summed E-state index contributed by atoms with van der Waals surface area (Å²) in [5, 5.41) is 0. The second kappa shape index (κ2) is 6.24. The maximum atomic E-state index is 11.5. The Morgan fingerprint density at radius 1 is 1.62 bits per heavy atom. The molecule has 1 aromatic rings. The lowest BCUT2D eigenvalue weighted by molar-refractivity contribution is -0.00579. The zero-order chi connectivity index (χ0) is 12.0. The number of rotatable bonds is 6. The molecule has 0 unspecified atom stereocenters. The van der Waals surface area contributed by atoms with E-state index in [9.17, 15) is 4.79 Å². The summed E-state index contributed by atoms with van der Waals surface area (Å²) in [4.78, 5) is 15.1. The predicted octanol–water partition coefficient (Wildman–Crippen LogP) is -0.123. The van der Waals surface area contributed by atoms with E-state index in [-0.39, 0.29) is 17.6 Å². The lowest BCUT2D eigenvalue weighted by Gasteiger charge is -2.16. The molecule has 0 saturated heterocycles. The van der Waals surface area contributed by atoms with Crippen molar-refractivity contribution in [2.24, 2.45) is 0 Å². The smallest absolute Gasteiger partial charge is 0.349 e. The van der Waals surface area contributed by atoms with Crippen LogP contribution in [0.5, 0.6) is 0 Å². The molecule has 6 nitrogen and oxygen atoms in total. The minimum atomic E-state index is -0.374. The number of nitrogens with zero attached hydrogens (tertiary/aromatic N) is 2. The predicted molar refractivity (Wildman–Crippen MR) is 60.2 cm³/mol. The van der Waals surface area contributed by atoms with Crippen molar-refractivity contribution < 1.29 is 9.47 Å². The molecule has 0 fully saturated rings. The van der Waals surface area contributed by atoms with E-state index in [1.165, 1.54) is 4.57 Å². The molecule has 0 saturated carbocycles. The molecule has 1 aromatic heterocycles. The Hall–Kier alpha value is -1.40. The third-order valence-corrected chi connectivity index (χ3v) is 2.05. The lowest BCUT2D eigenvalue weighted by atomic mass is 10.3. The molecule has 1 heterocycles. The van der Waals surface area contributed by atoms with E-state index in [0.717, 1.165) is 0 Å². The molecule has 0 aliphatic carbocycles. The summed E-state index contributed by atoms with van der Waals surface area (Å²) >= 11 is 0. The number of hydrogen-bond acceptors (Lipinski definition) is 5. The van der Waals surface area contributed by atoms with Crippen molar-refractivity contribution in [1.29, 1.82) is 0 Å². The molecule has 0 aromatic carbocycles. The number of nitrogen functional groups attached to an aromatic ring is 1. The monoisotopic (exact) mass is 227 g/mol. The van der Waals surface area contributed by atoms with Gasteiger partial charge in [0, 0.05) is 19.9 Å². The normalized spacial score (nSPS) is 12.6. The molecule has 0 amide bonds.